The number of nitro benzene ring substituents is 1. The predicted molar refractivity (Wildman–Crippen MR) is 58.3 cm³/mol. The Kier molecular flexibility index (Phi) is 2.24. The van der Waals surface area contributed by atoms with Crippen molar-refractivity contribution in [1.82, 2.24) is 9.97 Å². The van der Waals surface area contributed by atoms with E-state index in [9.17, 15) is 10.1 Å². The lowest BCUT2D eigenvalue weighted by Gasteiger charge is -2.00. The topological polar surface area (TPSA) is 94.9 Å². The van der Waals surface area contributed by atoms with Crippen molar-refractivity contribution in [3.8, 4) is 0 Å². The van der Waals surface area contributed by atoms with Crippen LogP contribution in [0.4, 0.5) is 11.5 Å². The molecule has 0 unspecified atom stereocenters. The van der Waals surface area contributed by atoms with Crippen molar-refractivity contribution < 1.29 is 4.92 Å². The third-order valence-corrected chi connectivity index (χ3v) is 2.44. The van der Waals surface area contributed by atoms with E-state index in [2.05, 4.69) is 25.9 Å². The maximum absolute atomic E-state index is 10.7. The molecule has 76 valence electrons. The summed E-state index contributed by atoms with van der Waals surface area (Å²) in [5.41, 5.74) is 6.05. The van der Waals surface area contributed by atoms with Gasteiger partial charge >= 0.3 is 0 Å². The zero-order chi connectivity index (χ0) is 11.0. The monoisotopic (exact) mass is 268 g/mol. The van der Waals surface area contributed by atoms with Gasteiger partial charge in [-0.2, -0.15) is 0 Å². The lowest BCUT2D eigenvalue weighted by molar-refractivity contribution is -0.383. The van der Waals surface area contributed by atoms with Crippen LogP contribution in [0.5, 0.6) is 0 Å². The van der Waals surface area contributed by atoms with Gasteiger partial charge in [0.1, 0.15) is 4.60 Å². The SMILES string of the molecule is Nc1nc2c([N+](=O)[O-])cccc2nc1Br. The van der Waals surface area contributed by atoms with Crippen LogP contribution in [0.3, 0.4) is 0 Å². The molecule has 1 aromatic heterocycles. The van der Waals surface area contributed by atoms with E-state index in [-0.39, 0.29) is 17.0 Å². The van der Waals surface area contributed by atoms with Gasteiger partial charge in [0.2, 0.25) is 0 Å². The second kappa shape index (κ2) is 3.43. The summed E-state index contributed by atoms with van der Waals surface area (Å²) >= 11 is 3.11. The minimum atomic E-state index is -0.510. The molecule has 0 spiro atoms. The molecular formula is C8H5BrN4O2. The average Bonchev–Trinajstić information content (AvgIpc) is 2.18. The molecule has 2 rings (SSSR count). The van der Waals surface area contributed by atoms with Gasteiger partial charge in [0.05, 0.1) is 10.4 Å². The van der Waals surface area contributed by atoms with Gasteiger partial charge < -0.3 is 5.73 Å². The van der Waals surface area contributed by atoms with Crippen LogP contribution in [0.25, 0.3) is 11.0 Å². The number of nitrogens with two attached hydrogens (primary N) is 1. The predicted octanol–water partition coefficient (Wildman–Crippen LogP) is 1.88. The van der Waals surface area contributed by atoms with E-state index in [4.69, 9.17) is 5.73 Å². The molecule has 0 aliphatic rings. The van der Waals surface area contributed by atoms with Gasteiger partial charge in [-0.25, -0.2) is 9.97 Å². The standard InChI is InChI=1S/C8H5BrN4O2/c9-7-8(10)12-6-4(11-7)2-1-3-5(6)13(14)15/h1-3H,(H2,10,12). The molecule has 0 saturated heterocycles. The molecule has 1 aromatic carbocycles. The molecule has 1 heterocycles. The molecule has 0 saturated carbocycles. The molecular weight excluding hydrogens is 264 g/mol. The fraction of sp³-hybridized carbons (Fsp3) is 0. The van der Waals surface area contributed by atoms with Crippen LogP contribution >= 0.6 is 15.9 Å². The first-order valence-electron chi connectivity index (χ1n) is 3.95. The van der Waals surface area contributed by atoms with Crippen LogP contribution in [0.2, 0.25) is 0 Å². The maximum Gasteiger partial charge on any atom is 0.297 e. The van der Waals surface area contributed by atoms with Crippen molar-refractivity contribution in [2.45, 2.75) is 0 Å². The number of anilines is 1. The highest BCUT2D eigenvalue weighted by atomic mass is 79.9. The number of non-ortho nitro benzene ring substituents is 1. The molecule has 0 amide bonds. The minimum Gasteiger partial charge on any atom is -0.381 e. The third kappa shape index (κ3) is 1.61. The first-order valence-corrected chi connectivity index (χ1v) is 4.75. The zero-order valence-corrected chi connectivity index (χ0v) is 8.93. The van der Waals surface area contributed by atoms with Gasteiger partial charge in [-0.1, -0.05) is 6.07 Å². The molecule has 6 nitrogen and oxygen atoms in total. The first kappa shape index (κ1) is 9.78. The molecule has 0 radical (unpaired) electrons. The molecule has 15 heavy (non-hydrogen) atoms. The number of fused-ring (bicyclic) bond motifs is 1. The van der Waals surface area contributed by atoms with Crippen molar-refractivity contribution in [2.24, 2.45) is 0 Å². The number of benzene rings is 1. The largest absolute Gasteiger partial charge is 0.381 e. The summed E-state index contributed by atoms with van der Waals surface area (Å²) in [6.07, 6.45) is 0. The number of aromatic nitrogens is 2. The highest BCUT2D eigenvalue weighted by Crippen LogP contribution is 2.25. The van der Waals surface area contributed by atoms with Crippen molar-refractivity contribution in [3.63, 3.8) is 0 Å². The summed E-state index contributed by atoms with van der Waals surface area (Å²) in [6, 6.07) is 4.56. The number of halogens is 1. The summed E-state index contributed by atoms with van der Waals surface area (Å²) in [6.45, 7) is 0. The molecule has 0 bridgehead atoms. The van der Waals surface area contributed by atoms with E-state index < -0.39 is 4.92 Å². The van der Waals surface area contributed by atoms with Gasteiger partial charge in [0, 0.05) is 6.07 Å². The van der Waals surface area contributed by atoms with Gasteiger partial charge in [-0.3, -0.25) is 10.1 Å². The lowest BCUT2D eigenvalue weighted by atomic mass is 10.2. The number of para-hydroxylation sites is 1. The van der Waals surface area contributed by atoms with Crippen molar-refractivity contribution in [1.29, 1.82) is 0 Å². The van der Waals surface area contributed by atoms with Crippen molar-refractivity contribution >= 4 is 38.5 Å². The smallest absolute Gasteiger partial charge is 0.297 e. The Balaban J connectivity index is 2.86. The van der Waals surface area contributed by atoms with Crippen LogP contribution in [0.15, 0.2) is 22.8 Å². The first-order chi connectivity index (χ1) is 7.09. The second-order valence-electron chi connectivity index (χ2n) is 2.80. The fourth-order valence-corrected chi connectivity index (χ4v) is 1.48. The highest BCUT2D eigenvalue weighted by Gasteiger charge is 2.14. The molecule has 0 fully saturated rings. The van der Waals surface area contributed by atoms with E-state index in [0.717, 1.165) is 0 Å². The van der Waals surface area contributed by atoms with E-state index in [1.54, 1.807) is 12.1 Å². The molecule has 7 heteroatoms. The Morgan fingerprint density at radius 1 is 1.40 bits per heavy atom. The lowest BCUT2D eigenvalue weighted by Crippen LogP contribution is -1.98. The molecule has 0 atom stereocenters. The van der Waals surface area contributed by atoms with Crippen molar-refractivity contribution in [3.05, 3.63) is 32.9 Å². The van der Waals surface area contributed by atoms with E-state index in [1.165, 1.54) is 6.07 Å². The van der Waals surface area contributed by atoms with Crippen LogP contribution in [0, 0.1) is 10.1 Å². The Morgan fingerprint density at radius 3 is 2.80 bits per heavy atom. The second-order valence-corrected chi connectivity index (χ2v) is 3.55. The normalized spacial score (nSPS) is 10.5. The summed E-state index contributed by atoms with van der Waals surface area (Å²) in [5.74, 6) is 0.136. The van der Waals surface area contributed by atoms with E-state index in [1.807, 2.05) is 0 Å². The number of rotatable bonds is 1. The van der Waals surface area contributed by atoms with Gasteiger partial charge in [-0.15, -0.1) is 0 Å². The fourth-order valence-electron chi connectivity index (χ4n) is 1.20. The third-order valence-electron chi connectivity index (χ3n) is 1.85. The van der Waals surface area contributed by atoms with Gasteiger partial charge in [0.15, 0.2) is 11.3 Å². The number of nitrogens with zero attached hydrogens (tertiary/aromatic N) is 3. The van der Waals surface area contributed by atoms with E-state index >= 15 is 0 Å². The summed E-state index contributed by atoms with van der Waals surface area (Å²) in [7, 11) is 0. The number of hydrogen-bond acceptors (Lipinski definition) is 5. The van der Waals surface area contributed by atoms with Gasteiger partial charge in [-0.05, 0) is 22.0 Å². The van der Waals surface area contributed by atoms with Crippen LogP contribution in [-0.2, 0) is 0 Å². The number of hydrogen-bond donors (Lipinski definition) is 1. The highest BCUT2D eigenvalue weighted by molar-refractivity contribution is 9.10. The number of nitrogen functional groups attached to an aromatic ring is 1. The number of nitro groups is 1. The van der Waals surface area contributed by atoms with Crippen LogP contribution < -0.4 is 5.73 Å². The molecule has 0 aliphatic heterocycles. The summed E-state index contributed by atoms with van der Waals surface area (Å²) < 4.78 is 0.385. The van der Waals surface area contributed by atoms with Crippen LogP contribution in [-0.4, -0.2) is 14.9 Å². The Labute approximate surface area is 92.4 Å². The molecule has 2 aromatic rings. The average molecular weight is 269 g/mol. The van der Waals surface area contributed by atoms with Crippen molar-refractivity contribution in [2.75, 3.05) is 5.73 Å². The zero-order valence-electron chi connectivity index (χ0n) is 7.35. The van der Waals surface area contributed by atoms with E-state index in [0.29, 0.717) is 10.1 Å². The quantitative estimate of drug-likeness (QED) is 0.629. The Morgan fingerprint density at radius 2 is 2.13 bits per heavy atom. The molecule has 0 aliphatic carbocycles. The van der Waals surface area contributed by atoms with Gasteiger partial charge in [0.25, 0.3) is 5.69 Å². The molecule has 2 N–H and O–H groups in total. The summed E-state index contributed by atoms with van der Waals surface area (Å²) in [5, 5.41) is 10.7. The minimum absolute atomic E-state index is 0.0980. The summed E-state index contributed by atoms with van der Waals surface area (Å²) in [4.78, 5) is 18.2. The Bertz CT molecular complexity index is 558. The maximum atomic E-state index is 10.7. The van der Waals surface area contributed by atoms with Crippen LogP contribution in [0.1, 0.15) is 0 Å². The Hall–Kier alpha value is -1.76.